The molecule has 0 aromatic heterocycles. The van der Waals surface area contributed by atoms with Gasteiger partial charge >= 0.3 is 35.5 Å². The zero-order valence-corrected chi connectivity index (χ0v) is 18.8. The van der Waals surface area contributed by atoms with Gasteiger partial charge in [-0.3, -0.25) is 0 Å². The zero-order chi connectivity index (χ0) is 26.9. The molecule has 0 fully saturated rings. The van der Waals surface area contributed by atoms with Crippen molar-refractivity contribution in [3.63, 3.8) is 0 Å². The Bertz CT molecular complexity index is 1030. The number of aliphatic hydroxyl groups is 1. The van der Waals surface area contributed by atoms with Crippen LogP contribution in [0, 0.1) is 46.5 Å². The SMILES string of the molecule is CO.[N-]=[N+]=Nc1c(F)c(F)c(C(=O)O)c(F)c1F.[N-]=[N+]=Nc1c(F)c(F)c(C(=O)[O-])c(F)c1F.[Na+]. The van der Waals surface area contributed by atoms with Gasteiger partial charge in [-0.25, -0.2) is 39.9 Å². The maximum absolute atomic E-state index is 12.9. The number of benzene rings is 2. The fourth-order valence-electron chi connectivity index (χ4n) is 1.87. The molecule has 182 valence electrons. The topological polar surface area (TPSA) is 195 Å². The molecule has 0 amide bonds. The molecule has 2 aromatic carbocycles. The van der Waals surface area contributed by atoms with E-state index in [0.717, 1.165) is 7.11 Å². The van der Waals surface area contributed by atoms with Crippen molar-refractivity contribution in [2.45, 2.75) is 0 Å². The molecule has 2 rings (SSSR count). The molecule has 2 aromatic rings. The van der Waals surface area contributed by atoms with E-state index in [1.54, 1.807) is 0 Å². The van der Waals surface area contributed by atoms with Crippen LogP contribution in [0.3, 0.4) is 0 Å². The van der Waals surface area contributed by atoms with Crippen molar-refractivity contribution in [2.24, 2.45) is 10.2 Å². The number of hydrogen-bond donors (Lipinski definition) is 2. The second kappa shape index (κ2) is 14.6. The Kier molecular flexibility index (Phi) is 14.0. The summed E-state index contributed by atoms with van der Waals surface area (Å²) in [4.78, 5) is 24.4. The van der Waals surface area contributed by atoms with Gasteiger partial charge in [0.25, 0.3) is 0 Å². The van der Waals surface area contributed by atoms with Gasteiger partial charge in [0.2, 0.25) is 0 Å². The van der Waals surface area contributed by atoms with E-state index in [4.69, 9.17) is 21.3 Å². The van der Waals surface area contributed by atoms with Crippen LogP contribution in [0.5, 0.6) is 0 Å². The summed E-state index contributed by atoms with van der Waals surface area (Å²) in [5, 5.41) is 30.2. The maximum Gasteiger partial charge on any atom is 1.00 e. The molecule has 0 unspecified atom stereocenters. The number of nitrogens with zero attached hydrogens (tertiary/aromatic N) is 6. The molecule has 0 spiro atoms. The average molecular weight is 524 g/mol. The van der Waals surface area contributed by atoms with Crippen LogP contribution in [0.25, 0.3) is 20.9 Å². The predicted molar refractivity (Wildman–Crippen MR) is 89.6 cm³/mol. The standard InChI is InChI=1S/2C7HF4N3O2.CH4O.Na/c2*8-2-1(7(15)16)3(9)5(11)6(4(2)10)13-14-12;1-2;/h2*(H,15,16);2H,1H3;/q;;;+1/p-1. The van der Waals surface area contributed by atoms with Crippen LogP contribution in [0.2, 0.25) is 0 Å². The molecule has 0 saturated heterocycles. The zero-order valence-electron chi connectivity index (χ0n) is 16.8. The molecule has 11 nitrogen and oxygen atoms in total. The van der Waals surface area contributed by atoms with E-state index in [2.05, 4.69) is 10.2 Å². The predicted octanol–water partition coefficient (Wildman–Crippen LogP) is 1.04. The summed E-state index contributed by atoms with van der Waals surface area (Å²) in [6.45, 7) is 0. The molecular weight excluding hydrogens is 519 g/mol. The minimum absolute atomic E-state index is 0. The van der Waals surface area contributed by atoms with Crippen LogP contribution in [-0.2, 0) is 0 Å². The third-order valence-electron chi connectivity index (χ3n) is 3.19. The minimum atomic E-state index is -2.43. The number of aromatic carboxylic acids is 2. The van der Waals surface area contributed by atoms with Gasteiger partial charge < -0.3 is 20.1 Å². The number of aliphatic hydroxyl groups excluding tert-OH is 1. The van der Waals surface area contributed by atoms with Gasteiger partial charge in [0.1, 0.15) is 16.9 Å². The van der Waals surface area contributed by atoms with Gasteiger partial charge in [0.15, 0.2) is 46.5 Å². The van der Waals surface area contributed by atoms with E-state index < -0.39 is 81.0 Å². The van der Waals surface area contributed by atoms with E-state index in [-0.39, 0.29) is 29.6 Å². The molecule has 0 atom stereocenters. The van der Waals surface area contributed by atoms with Gasteiger partial charge in [-0.05, 0) is 11.1 Å². The third kappa shape index (κ3) is 7.19. The normalized spacial score (nSPS) is 9.09. The monoisotopic (exact) mass is 524 g/mol. The fourth-order valence-corrected chi connectivity index (χ4v) is 1.87. The number of carboxylic acids is 2. The number of hydrogen-bond acceptors (Lipinski definition) is 6. The Balaban J connectivity index is 0. The third-order valence-corrected chi connectivity index (χ3v) is 3.19. The van der Waals surface area contributed by atoms with Crippen molar-refractivity contribution < 1.29 is 89.6 Å². The number of carboxylic acid groups (broad SMARTS) is 2. The largest absolute Gasteiger partial charge is 1.00 e. The van der Waals surface area contributed by atoms with Crippen LogP contribution < -0.4 is 34.7 Å². The molecule has 2 N–H and O–H groups in total. The first-order valence-electron chi connectivity index (χ1n) is 7.54. The Morgan fingerprint density at radius 2 is 0.943 bits per heavy atom. The van der Waals surface area contributed by atoms with Gasteiger partial charge in [0.05, 0.1) is 11.5 Å². The summed E-state index contributed by atoms with van der Waals surface area (Å²) in [7, 11) is 1.00. The molecule has 0 radical (unpaired) electrons. The number of carbonyl (C=O) groups excluding carboxylic acids is 1. The number of carbonyl (C=O) groups is 2. The second-order valence-electron chi connectivity index (χ2n) is 4.93. The number of rotatable bonds is 4. The average Bonchev–Trinajstić information content (AvgIpc) is 2.78. The van der Waals surface area contributed by atoms with Gasteiger partial charge in [-0.2, -0.15) is 0 Å². The Hall–Kier alpha value is -3.60. The van der Waals surface area contributed by atoms with Gasteiger partial charge in [-0.1, -0.05) is 10.2 Å². The van der Waals surface area contributed by atoms with E-state index in [1.165, 1.54) is 0 Å². The first-order chi connectivity index (χ1) is 15.8. The molecule has 0 aliphatic rings. The number of azide groups is 2. The van der Waals surface area contributed by atoms with Crippen molar-refractivity contribution in [3.8, 4) is 0 Å². The summed E-state index contributed by atoms with van der Waals surface area (Å²) in [5.41, 5.74) is 8.96. The Morgan fingerprint density at radius 1 is 0.686 bits per heavy atom. The summed E-state index contributed by atoms with van der Waals surface area (Å²) in [5.74, 6) is -21.6. The first-order valence-corrected chi connectivity index (χ1v) is 7.54. The summed E-state index contributed by atoms with van der Waals surface area (Å²) in [6, 6.07) is 0. The van der Waals surface area contributed by atoms with E-state index in [0.29, 0.717) is 0 Å². The maximum atomic E-state index is 12.9. The molecule has 0 bridgehead atoms. The molecule has 35 heavy (non-hydrogen) atoms. The van der Waals surface area contributed by atoms with Gasteiger partial charge in [-0.15, -0.1) is 0 Å². The van der Waals surface area contributed by atoms with Gasteiger partial charge in [0, 0.05) is 16.9 Å². The summed E-state index contributed by atoms with van der Waals surface area (Å²) >= 11 is 0. The van der Waals surface area contributed by atoms with Crippen molar-refractivity contribution in [1.82, 2.24) is 0 Å². The minimum Gasteiger partial charge on any atom is -0.545 e. The van der Waals surface area contributed by atoms with Crippen molar-refractivity contribution in [3.05, 3.63) is 78.6 Å². The Morgan fingerprint density at radius 3 is 1.14 bits per heavy atom. The van der Waals surface area contributed by atoms with Crippen LogP contribution in [0.1, 0.15) is 20.7 Å². The van der Waals surface area contributed by atoms with Crippen LogP contribution in [0.15, 0.2) is 10.2 Å². The van der Waals surface area contributed by atoms with E-state index in [1.807, 2.05) is 9.82 Å². The fraction of sp³-hybridized carbons (Fsp3) is 0.0667. The number of halogens is 8. The van der Waals surface area contributed by atoms with Crippen LogP contribution >= 0.6 is 0 Å². The second-order valence-corrected chi connectivity index (χ2v) is 4.93. The molecule has 0 heterocycles. The quantitative estimate of drug-likeness (QED) is 0.150. The Labute approximate surface area is 208 Å². The first kappa shape index (κ1) is 33.6. The van der Waals surface area contributed by atoms with Crippen molar-refractivity contribution >= 4 is 23.3 Å². The van der Waals surface area contributed by atoms with E-state index >= 15 is 0 Å². The van der Waals surface area contributed by atoms with Crippen molar-refractivity contribution in [2.75, 3.05) is 7.11 Å². The summed E-state index contributed by atoms with van der Waals surface area (Å²) < 4.78 is 103. The molecule has 20 heteroatoms. The summed E-state index contributed by atoms with van der Waals surface area (Å²) in [6.07, 6.45) is 0. The van der Waals surface area contributed by atoms with E-state index in [9.17, 15) is 49.8 Å². The molecule has 0 aliphatic heterocycles. The molecule has 0 aliphatic carbocycles. The van der Waals surface area contributed by atoms with Crippen LogP contribution in [-0.4, -0.2) is 29.3 Å². The molecular formula is C15H5F8N6NaO5. The molecule has 0 saturated carbocycles. The smallest absolute Gasteiger partial charge is 0.545 e. The van der Waals surface area contributed by atoms with Crippen molar-refractivity contribution in [1.29, 1.82) is 0 Å². The van der Waals surface area contributed by atoms with Crippen LogP contribution in [0.4, 0.5) is 46.5 Å².